The molecule has 0 radical (unpaired) electrons. The first-order valence-electron chi connectivity index (χ1n) is 8.01. The van der Waals surface area contributed by atoms with Gasteiger partial charge < -0.3 is 23.1 Å². The number of hydrogen-bond acceptors (Lipinski definition) is 5. The highest BCUT2D eigenvalue weighted by molar-refractivity contribution is 6.70. The normalized spacial score (nSPS) is 30.8. The van der Waals surface area contributed by atoms with Crippen LogP contribution in [-0.4, -0.2) is 61.3 Å². The molecular formula is C14H34O5Si3. The summed E-state index contributed by atoms with van der Waals surface area (Å²) in [6.45, 7) is 19.6. The fourth-order valence-electron chi connectivity index (χ4n) is 2.26. The van der Waals surface area contributed by atoms with E-state index < -0.39 is 37.3 Å². The molecule has 0 aromatic heterocycles. The standard InChI is InChI=1S/C14H34O5Si3/c1-20(2,3)16-10-11-12(18-21(4,5)6)13(14(15)17-11)19-22(7,8)9/h11-15H,10H2,1-9H3/t11-,12+,13+,14-/m1/s1. The maximum Gasteiger partial charge on any atom is 0.184 e. The summed E-state index contributed by atoms with van der Waals surface area (Å²) >= 11 is 0. The molecule has 1 heterocycles. The second-order valence-corrected chi connectivity index (χ2v) is 22.3. The number of ether oxygens (including phenoxy) is 1. The predicted molar refractivity (Wildman–Crippen MR) is 96.6 cm³/mol. The van der Waals surface area contributed by atoms with E-state index in [0.717, 1.165) is 0 Å². The largest absolute Gasteiger partial charge is 0.415 e. The smallest absolute Gasteiger partial charge is 0.184 e. The first-order chi connectivity index (χ1) is 9.68. The van der Waals surface area contributed by atoms with E-state index in [0.29, 0.717) is 6.61 Å². The molecule has 22 heavy (non-hydrogen) atoms. The van der Waals surface area contributed by atoms with Gasteiger partial charge in [-0.25, -0.2) is 0 Å². The van der Waals surface area contributed by atoms with Crippen LogP contribution in [-0.2, 0) is 18.0 Å². The van der Waals surface area contributed by atoms with Gasteiger partial charge in [-0.3, -0.25) is 0 Å². The van der Waals surface area contributed by atoms with Gasteiger partial charge in [-0.2, -0.15) is 0 Å². The summed E-state index contributed by atoms with van der Waals surface area (Å²) in [7, 11) is -5.23. The van der Waals surface area contributed by atoms with Crippen molar-refractivity contribution in [1.82, 2.24) is 0 Å². The summed E-state index contributed by atoms with van der Waals surface area (Å²) in [5.74, 6) is 0. The molecule has 0 aromatic rings. The average Bonchev–Trinajstić information content (AvgIpc) is 2.49. The van der Waals surface area contributed by atoms with E-state index in [2.05, 4.69) is 58.9 Å². The zero-order valence-electron chi connectivity index (χ0n) is 15.6. The Morgan fingerprint density at radius 3 is 1.64 bits per heavy atom. The third-order valence-corrected chi connectivity index (χ3v) is 5.94. The lowest BCUT2D eigenvalue weighted by Crippen LogP contribution is -2.49. The number of hydrogen-bond donors (Lipinski definition) is 1. The van der Waals surface area contributed by atoms with E-state index in [1.807, 2.05) is 0 Å². The molecule has 5 nitrogen and oxygen atoms in total. The second kappa shape index (κ2) is 7.14. The van der Waals surface area contributed by atoms with Crippen molar-refractivity contribution < 1.29 is 23.1 Å². The van der Waals surface area contributed by atoms with Crippen LogP contribution in [0, 0.1) is 0 Å². The summed E-state index contributed by atoms with van der Waals surface area (Å²) in [5, 5.41) is 10.3. The lowest BCUT2D eigenvalue weighted by atomic mass is 10.1. The van der Waals surface area contributed by atoms with Crippen molar-refractivity contribution in [2.75, 3.05) is 6.61 Å². The van der Waals surface area contributed by atoms with Crippen molar-refractivity contribution in [1.29, 1.82) is 0 Å². The quantitative estimate of drug-likeness (QED) is 0.702. The molecule has 132 valence electrons. The Labute approximate surface area is 138 Å². The molecule has 1 rings (SSSR count). The molecule has 1 saturated heterocycles. The first-order valence-corrected chi connectivity index (χ1v) is 18.2. The number of aliphatic hydroxyl groups is 1. The van der Waals surface area contributed by atoms with Crippen LogP contribution >= 0.6 is 0 Å². The molecule has 0 bridgehead atoms. The van der Waals surface area contributed by atoms with Gasteiger partial charge in [-0.05, 0) is 58.9 Å². The maximum atomic E-state index is 10.3. The van der Waals surface area contributed by atoms with Crippen LogP contribution in [0.15, 0.2) is 0 Å². The SMILES string of the molecule is C[Si](C)(C)OC[C@H]1O[C@@H](O)[C@@H](O[Si](C)(C)C)[C@H]1O[Si](C)(C)C. The van der Waals surface area contributed by atoms with Gasteiger partial charge >= 0.3 is 0 Å². The first kappa shape index (κ1) is 20.5. The lowest BCUT2D eigenvalue weighted by Gasteiger charge is -2.33. The minimum atomic E-state index is -1.81. The fraction of sp³-hybridized carbons (Fsp3) is 1.00. The van der Waals surface area contributed by atoms with E-state index in [1.54, 1.807) is 0 Å². The summed E-state index contributed by atoms with van der Waals surface area (Å²) in [6.07, 6.45) is -1.89. The molecule has 1 aliphatic heterocycles. The molecule has 0 aliphatic carbocycles. The Bertz CT molecular complexity index is 359. The van der Waals surface area contributed by atoms with Crippen LogP contribution in [0.3, 0.4) is 0 Å². The van der Waals surface area contributed by atoms with Crippen molar-refractivity contribution in [2.24, 2.45) is 0 Å². The zero-order valence-corrected chi connectivity index (χ0v) is 18.6. The van der Waals surface area contributed by atoms with Crippen LogP contribution < -0.4 is 0 Å². The van der Waals surface area contributed by atoms with Crippen molar-refractivity contribution in [3.05, 3.63) is 0 Å². The van der Waals surface area contributed by atoms with Crippen LogP contribution in [0.1, 0.15) is 0 Å². The summed E-state index contributed by atoms with van der Waals surface area (Å²) < 4.78 is 24.1. The molecule has 4 atom stereocenters. The van der Waals surface area contributed by atoms with Gasteiger partial charge in [0.2, 0.25) is 0 Å². The lowest BCUT2D eigenvalue weighted by molar-refractivity contribution is -0.128. The second-order valence-electron chi connectivity index (χ2n) is 8.88. The van der Waals surface area contributed by atoms with Crippen LogP contribution in [0.4, 0.5) is 0 Å². The molecule has 0 amide bonds. The predicted octanol–water partition coefficient (Wildman–Crippen LogP) is 3.00. The summed E-state index contributed by atoms with van der Waals surface area (Å²) in [6, 6.07) is 0. The highest BCUT2D eigenvalue weighted by Crippen LogP contribution is 2.30. The maximum absolute atomic E-state index is 10.3. The molecule has 0 saturated carbocycles. The Kier molecular flexibility index (Phi) is 6.65. The van der Waals surface area contributed by atoms with Crippen molar-refractivity contribution in [3.8, 4) is 0 Å². The van der Waals surface area contributed by atoms with Crippen LogP contribution in [0.5, 0.6) is 0 Å². The molecule has 0 unspecified atom stereocenters. The average molecular weight is 367 g/mol. The van der Waals surface area contributed by atoms with Crippen LogP contribution in [0.2, 0.25) is 58.9 Å². The molecule has 0 aromatic carbocycles. The van der Waals surface area contributed by atoms with Gasteiger partial charge in [0.05, 0.1) is 6.61 Å². The fourth-order valence-corrected chi connectivity index (χ4v) is 5.09. The third-order valence-electron chi connectivity index (χ3n) is 2.95. The van der Waals surface area contributed by atoms with Gasteiger partial charge in [-0.1, -0.05) is 0 Å². The molecule has 1 N–H and O–H groups in total. The van der Waals surface area contributed by atoms with Crippen molar-refractivity contribution in [2.45, 2.75) is 83.5 Å². The number of rotatable bonds is 7. The van der Waals surface area contributed by atoms with E-state index >= 15 is 0 Å². The van der Waals surface area contributed by atoms with Crippen molar-refractivity contribution >= 4 is 25.0 Å². The van der Waals surface area contributed by atoms with E-state index in [1.165, 1.54) is 0 Å². The Balaban J connectivity index is 2.87. The molecule has 1 aliphatic rings. The van der Waals surface area contributed by atoms with E-state index in [9.17, 15) is 5.11 Å². The van der Waals surface area contributed by atoms with E-state index in [-0.39, 0.29) is 12.2 Å². The molecule has 1 fully saturated rings. The van der Waals surface area contributed by atoms with Gasteiger partial charge in [0, 0.05) is 0 Å². The Morgan fingerprint density at radius 2 is 1.23 bits per heavy atom. The number of aliphatic hydroxyl groups excluding tert-OH is 1. The summed E-state index contributed by atoms with van der Waals surface area (Å²) in [5.41, 5.74) is 0. The molecule has 0 spiro atoms. The molecule has 8 heteroatoms. The van der Waals surface area contributed by atoms with Gasteiger partial charge in [-0.15, -0.1) is 0 Å². The van der Waals surface area contributed by atoms with Crippen LogP contribution in [0.25, 0.3) is 0 Å². The highest BCUT2D eigenvalue weighted by Gasteiger charge is 2.48. The van der Waals surface area contributed by atoms with Gasteiger partial charge in [0.15, 0.2) is 31.2 Å². The zero-order chi connectivity index (χ0) is 17.3. The van der Waals surface area contributed by atoms with E-state index in [4.69, 9.17) is 18.0 Å². The Hall–Kier alpha value is 0.451. The van der Waals surface area contributed by atoms with Crippen molar-refractivity contribution in [3.63, 3.8) is 0 Å². The minimum Gasteiger partial charge on any atom is -0.415 e. The van der Waals surface area contributed by atoms with Gasteiger partial charge in [0.25, 0.3) is 0 Å². The third kappa shape index (κ3) is 7.35. The highest BCUT2D eigenvalue weighted by atomic mass is 28.4. The monoisotopic (exact) mass is 366 g/mol. The summed E-state index contributed by atoms with van der Waals surface area (Å²) in [4.78, 5) is 0. The molecular weight excluding hydrogens is 332 g/mol. The Morgan fingerprint density at radius 1 is 0.773 bits per heavy atom. The topological polar surface area (TPSA) is 57.2 Å². The minimum absolute atomic E-state index is 0.259. The van der Waals surface area contributed by atoms with Gasteiger partial charge in [0.1, 0.15) is 18.3 Å².